The Bertz CT molecular complexity index is 995. The van der Waals surface area contributed by atoms with Crippen LogP contribution >= 0.6 is 23.1 Å². The Morgan fingerprint density at radius 2 is 2.04 bits per heavy atom. The fourth-order valence-corrected chi connectivity index (χ4v) is 3.87. The highest BCUT2D eigenvalue weighted by Crippen LogP contribution is 2.24. The number of anilines is 1. The molecule has 0 atom stereocenters. The van der Waals surface area contributed by atoms with Gasteiger partial charge in [-0.25, -0.2) is 9.97 Å². The van der Waals surface area contributed by atoms with Crippen molar-refractivity contribution >= 4 is 57.0 Å². The molecular weight excluding hydrogens is 376 g/mol. The van der Waals surface area contributed by atoms with Gasteiger partial charge in [0, 0.05) is 12.3 Å². The summed E-state index contributed by atoms with van der Waals surface area (Å²) in [5, 5.41) is 13.7. The summed E-state index contributed by atoms with van der Waals surface area (Å²) in [6.07, 6.45) is -0.191. The average Bonchev–Trinajstić information content (AvgIpc) is 3.16. The molecule has 0 aliphatic carbocycles. The van der Waals surface area contributed by atoms with Gasteiger partial charge < -0.3 is 10.4 Å². The number of carboxylic acids is 1. The zero-order chi connectivity index (χ0) is 18.7. The smallest absolute Gasteiger partial charge is 0.309 e. The number of thioether (sulfide) groups is 1. The standard InChI is InChI=1S/C16H14N4O4S2/c1-9(21)20-12-5-3-2-4-11(12)18-16(20)26-8-13(22)19-15-17-10(7-25-15)6-14(23)24/h2-5,7H,6,8H2,1H3,(H,23,24)(H,17,19,22). The lowest BCUT2D eigenvalue weighted by atomic mass is 10.3. The van der Waals surface area contributed by atoms with Gasteiger partial charge in [-0.3, -0.25) is 19.0 Å². The molecule has 8 nitrogen and oxygen atoms in total. The van der Waals surface area contributed by atoms with Gasteiger partial charge in [0.05, 0.1) is 28.9 Å². The number of benzene rings is 1. The van der Waals surface area contributed by atoms with Crippen molar-refractivity contribution in [2.45, 2.75) is 18.5 Å². The molecule has 10 heteroatoms. The van der Waals surface area contributed by atoms with E-state index in [0.29, 0.717) is 27.0 Å². The van der Waals surface area contributed by atoms with E-state index in [1.807, 2.05) is 12.1 Å². The molecule has 2 heterocycles. The topological polar surface area (TPSA) is 114 Å². The summed E-state index contributed by atoms with van der Waals surface area (Å²) in [7, 11) is 0. The fourth-order valence-electron chi connectivity index (χ4n) is 2.29. The Hall–Kier alpha value is -2.72. The summed E-state index contributed by atoms with van der Waals surface area (Å²) in [6, 6.07) is 7.26. The highest BCUT2D eigenvalue weighted by Gasteiger charge is 2.16. The van der Waals surface area contributed by atoms with Crippen LogP contribution in [0.3, 0.4) is 0 Å². The number of nitrogens with zero attached hydrogens (tertiary/aromatic N) is 3. The number of nitrogens with one attached hydrogen (secondary N) is 1. The van der Waals surface area contributed by atoms with Crippen molar-refractivity contribution < 1.29 is 19.5 Å². The van der Waals surface area contributed by atoms with Crippen molar-refractivity contribution in [2.24, 2.45) is 0 Å². The summed E-state index contributed by atoms with van der Waals surface area (Å²) < 4.78 is 1.47. The lowest BCUT2D eigenvalue weighted by Crippen LogP contribution is -2.15. The molecule has 1 aromatic carbocycles. The third-order valence-electron chi connectivity index (χ3n) is 3.31. The van der Waals surface area contributed by atoms with Crippen molar-refractivity contribution in [3.8, 4) is 0 Å². The Balaban J connectivity index is 1.67. The number of rotatable bonds is 6. The van der Waals surface area contributed by atoms with Gasteiger partial charge in [0.25, 0.3) is 0 Å². The van der Waals surface area contributed by atoms with Crippen molar-refractivity contribution in [1.29, 1.82) is 0 Å². The number of hydrogen-bond acceptors (Lipinski definition) is 7. The molecule has 0 unspecified atom stereocenters. The van der Waals surface area contributed by atoms with Gasteiger partial charge in [0.15, 0.2) is 10.3 Å². The van der Waals surface area contributed by atoms with Crippen LogP contribution in [0, 0.1) is 0 Å². The van der Waals surface area contributed by atoms with Gasteiger partial charge in [-0.2, -0.15) is 0 Å². The van der Waals surface area contributed by atoms with Crippen molar-refractivity contribution in [2.75, 3.05) is 11.1 Å². The van der Waals surface area contributed by atoms with Crippen LogP contribution in [-0.2, 0) is 16.0 Å². The van der Waals surface area contributed by atoms with Gasteiger partial charge in [0.1, 0.15) is 0 Å². The number of carboxylic acid groups (broad SMARTS) is 1. The summed E-state index contributed by atoms with van der Waals surface area (Å²) in [4.78, 5) is 43.1. The van der Waals surface area contributed by atoms with E-state index in [-0.39, 0.29) is 24.0 Å². The van der Waals surface area contributed by atoms with Gasteiger partial charge in [-0.1, -0.05) is 23.9 Å². The Morgan fingerprint density at radius 3 is 2.77 bits per heavy atom. The van der Waals surface area contributed by atoms with Crippen LogP contribution in [-0.4, -0.2) is 43.2 Å². The first-order chi connectivity index (χ1) is 12.4. The molecule has 0 saturated heterocycles. The summed E-state index contributed by atoms with van der Waals surface area (Å²) in [5.41, 5.74) is 1.77. The Morgan fingerprint density at radius 1 is 1.27 bits per heavy atom. The maximum atomic E-state index is 12.1. The summed E-state index contributed by atoms with van der Waals surface area (Å²) in [6.45, 7) is 1.44. The largest absolute Gasteiger partial charge is 0.481 e. The number of fused-ring (bicyclic) bond motifs is 1. The highest BCUT2D eigenvalue weighted by molar-refractivity contribution is 7.99. The van der Waals surface area contributed by atoms with Crippen molar-refractivity contribution in [3.63, 3.8) is 0 Å². The van der Waals surface area contributed by atoms with Gasteiger partial charge in [-0.15, -0.1) is 11.3 Å². The fraction of sp³-hybridized carbons (Fsp3) is 0.188. The first-order valence-corrected chi connectivity index (χ1v) is 9.38. The maximum absolute atomic E-state index is 12.1. The molecule has 0 spiro atoms. The van der Waals surface area contributed by atoms with Crippen LogP contribution in [0.1, 0.15) is 17.4 Å². The number of carbonyl (C=O) groups is 3. The van der Waals surface area contributed by atoms with Crippen molar-refractivity contribution in [3.05, 3.63) is 35.3 Å². The quantitative estimate of drug-likeness (QED) is 0.622. The Labute approximate surface area is 156 Å². The van der Waals surface area contributed by atoms with Crippen LogP contribution in [0.4, 0.5) is 5.13 Å². The minimum Gasteiger partial charge on any atom is -0.481 e. The zero-order valence-corrected chi connectivity index (χ0v) is 15.3. The monoisotopic (exact) mass is 390 g/mol. The zero-order valence-electron chi connectivity index (χ0n) is 13.6. The normalized spacial score (nSPS) is 10.8. The van der Waals surface area contributed by atoms with Crippen LogP contribution in [0.25, 0.3) is 11.0 Å². The van der Waals surface area contributed by atoms with Crippen LogP contribution in [0.2, 0.25) is 0 Å². The molecule has 0 aliphatic rings. The second-order valence-electron chi connectivity index (χ2n) is 5.29. The lowest BCUT2D eigenvalue weighted by Gasteiger charge is -2.04. The number of hydrogen-bond donors (Lipinski definition) is 2. The molecule has 0 aliphatic heterocycles. The minimum atomic E-state index is -0.980. The maximum Gasteiger partial charge on any atom is 0.309 e. The Kier molecular flexibility index (Phi) is 5.33. The second-order valence-corrected chi connectivity index (χ2v) is 7.09. The predicted octanol–water partition coefficient (Wildman–Crippen LogP) is 2.51. The van der Waals surface area contributed by atoms with Crippen LogP contribution < -0.4 is 5.32 Å². The van der Waals surface area contributed by atoms with E-state index in [0.717, 1.165) is 23.1 Å². The molecule has 0 saturated carbocycles. The summed E-state index contributed by atoms with van der Waals surface area (Å²) >= 11 is 2.31. The first-order valence-electron chi connectivity index (χ1n) is 7.51. The molecule has 3 rings (SSSR count). The van der Waals surface area contributed by atoms with E-state index in [1.54, 1.807) is 17.5 Å². The van der Waals surface area contributed by atoms with Crippen LogP contribution in [0.15, 0.2) is 34.8 Å². The molecule has 26 heavy (non-hydrogen) atoms. The van der Waals surface area contributed by atoms with E-state index in [9.17, 15) is 14.4 Å². The van der Waals surface area contributed by atoms with Gasteiger partial charge in [-0.05, 0) is 12.1 Å². The number of thiazole rings is 1. The number of aliphatic carboxylic acids is 1. The third-order valence-corrected chi connectivity index (χ3v) is 5.05. The SMILES string of the molecule is CC(=O)n1c(SCC(=O)Nc2nc(CC(=O)O)cs2)nc2ccccc21. The number of para-hydroxylation sites is 2. The minimum absolute atomic E-state index is 0.0461. The van der Waals surface area contributed by atoms with Gasteiger partial charge >= 0.3 is 5.97 Å². The number of carbonyl (C=O) groups excluding carboxylic acids is 2. The molecule has 0 radical (unpaired) electrons. The van der Waals surface area contributed by atoms with E-state index in [1.165, 1.54) is 11.5 Å². The highest BCUT2D eigenvalue weighted by atomic mass is 32.2. The number of imidazole rings is 1. The molecule has 2 aromatic heterocycles. The van der Waals surface area contributed by atoms with E-state index in [2.05, 4.69) is 15.3 Å². The predicted molar refractivity (Wildman–Crippen MR) is 98.8 cm³/mol. The molecule has 3 aromatic rings. The average molecular weight is 390 g/mol. The third kappa shape index (κ3) is 4.09. The molecule has 0 bridgehead atoms. The van der Waals surface area contributed by atoms with Gasteiger partial charge in [0.2, 0.25) is 11.8 Å². The second kappa shape index (κ2) is 7.67. The molecule has 0 fully saturated rings. The van der Waals surface area contributed by atoms with E-state index < -0.39 is 5.97 Å². The molecular formula is C16H14N4O4S2. The lowest BCUT2D eigenvalue weighted by molar-refractivity contribution is -0.136. The van der Waals surface area contributed by atoms with E-state index >= 15 is 0 Å². The van der Waals surface area contributed by atoms with Crippen LogP contribution in [0.5, 0.6) is 0 Å². The van der Waals surface area contributed by atoms with Crippen molar-refractivity contribution in [1.82, 2.24) is 14.5 Å². The number of aromatic nitrogens is 3. The summed E-state index contributed by atoms with van der Waals surface area (Å²) in [5.74, 6) is -1.43. The van der Waals surface area contributed by atoms with E-state index in [4.69, 9.17) is 5.11 Å². The first kappa shape index (κ1) is 18.1. The molecule has 134 valence electrons. The molecule has 1 amide bonds. The molecule has 2 N–H and O–H groups in total. The number of amides is 1.